The number of rotatable bonds is 8. The van der Waals surface area contributed by atoms with Crippen LogP contribution in [0.2, 0.25) is 0 Å². The van der Waals surface area contributed by atoms with Crippen LogP contribution in [0, 0.1) is 5.82 Å². The topological polar surface area (TPSA) is 115 Å². The first-order chi connectivity index (χ1) is 16.7. The van der Waals surface area contributed by atoms with E-state index in [9.17, 15) is 4.39 Å². The highest BCUT2D eigenvalue weighted by molar-refractivity contribution is 5.76. The molecule has 9 nitrogen and oxygen atoms in total. The highest BCUT2D eigenvalue weighted by atomic mass is 19.1. The van der Waals surface area contributed by atoms with Crippen molar-refractivity contribution in [3.05, 3.63) is 84.4 Å². The Balaban J connectivity index is 1.55. The van der Waals surface area contributed by atoms with Crippen LogP contribution in [0.15, 0.2) is 77.6 Å². The molecule has 3 heterocycles. The Hall–Kier alpha value is -4.28. The standard InChI is InChI=1S/C24H20FN7O2/c25-19-6-1-2-7-20(19)32-22(17-8-10-26-11-9-17)21(29-31-32)24-28-23(30-34-24)18-5-3-4-16(14-18)15-27-12-13-33/h1-11,14,27,33H,12-13,15H2. The monoisotopic (exact) mass is 457 g/mol. The van der Waals surface area contributed by atoms with Crippen molar-refractivity contribution in [1.29, 1.82) is 0 Å². The molecule has 0 saturated carbocycles. The summed E-state index contributed by atoms with van der Waals surface area (Å²) in [5.74, 6) is 0.112. The second-order valence-electron chi connectivity index (χ2n) is 7.41. The number of hydrogen-bond donors (Lipinski definition) is 2. The van der Waals surface area contributed by atoms with E-state index in [-0.39, 0.29) is 18.2 Å². The third kappa shape index (κ3) is 4.32. The molecule has 0 amide bonds. The van der Waals surface area contributed by atoms with Gasteiger partial charge in [-0.15, -0.1) is 5.10 Å². The third-order valence-corrected chi connectivity index (χ3v) is 5.14. The normalized spacial score (nSPS) is 11.1. The van der Waals surface area contributed by atoms with Gasteiger partial charge < -0.3 is 14.9 Å². The Bertz CT molecular complexity index is 1400. The highest BCUT2D eigenvalue weighted by Gasteiger charge is 2.24. The number of nitrogens with zero attached hydrogens (tertiary/aromatic N) is 6. The first-order valence-electron chi connectivity index (χ1n) is 10.6. The zero-order chi connectivity index (χ0) is 23.3. The zero-order valence-corrected chi connectivity index (χ0v) is 18.0. The number of aliphatic hydroxyl groups excluding tert-OH is 1. The van der Waals surface area contributed by atoms with Gasteiger partial charge in [-0.25, -0.2) is 9.07 Å². The summed E-state index contributed by atoms with van der Waals surface area (Å²) in [6.07, 6.45) is 3.26. The zero-order valence-electron chi connectivity index (χ0n) is 18.0. The molecule has 2 aromatic carbocycles. The van der Waals surface area contributed by atoms with Gasteiger partial charge in [-0.05, 0) is 35.9 Å². The summed E-state index contributed by atoms with van der Waals surface area (Å²) in [6.45, 7) is 1.18. The maximum Gasteiger partial charge on any atom is 0.281 e. The first-order valence-corrected chi connectivity index (χ1v) is 10.6. The van der Waals surface area contributed by atoms with Gasteiger partial charge in [0.25, 0.3) is 5.89 Å². The summed E-state index contributed by atoms with van der Waals surface area (Å²) in [7, 11) is 0. The molecule has 0 aliphatic carbocycles. The lowest BCUT2D eigenvalue weighted by Gasteiger charge is -2.08. The van der Waals surface area contributed by atoms with E-state index in [1.807, 2.05) is 24.3 Å². The van der Waals surface area contributed by atoms with Crippen LogP contribution in [0.5, 0.6) is 0 Å². The number of pyridine rings is 1. The van der Waals surface area contributed by atoms with E-state index in [2.05, 4.69) is 30.8 Å². The number of benzene rings is 2. The smallest absolute Gasteiger partial charge is 0.281 e. The van der Waals surface area contributed by atoms with E-state index < -0.39 is 5.82 Å². The van der Waals surface area contributed by atoms with Crippen molar-refractivity contribution in [2.45, 2.75) is 6.54 Å². The van der Waals surface area contributed by atoms with Crippen LogP contribution in [0.25, 0.3) is 39.9 Å². The Labute approximate surface area is 193 Å². The first kappa shape index (κ1) is 21.6. The van der Waals surface area contributed by atoms with E-state index in [4.69, 9.17) is 9.63 Å². The van der Waals surface area contributed by atoms with Crippen LogP contribution in [0.1, 0.15) is 5.56 Å². The van der Waals surface area contributed by atoms with E-state index in [1.54, 1.807) is 42.7 Å². The lowest BCUT2D eigenvalue weighted by molar-refractivity contribution is 0.292. The molecule has 0 saturated heterocycles. The summed E-state index contributed by atoms with van der Waals surface area (Å²) in [5.41, 5.74) is 3.58. The van der Waals surface area contributed by atoms with Gasteiger partial charge >= 0.3 is 0 Å². The summed E-state index contributed by atoms with van der Waals surface area (Å²) in [5, 5.41) is 24.7. The van der Waals surface area contributed by atoms with E-state index in [1.165, 1.54) is 10.7 Å². The number of para-hydroxylation sites is 1. The molecule has 0 fully saturated rings. The maximum absolute atomic E-state index is 14.6. The van der Waals surface area contributed by atoms with Gasteiger partial charge in [-0.1, -0.05) is 40.7 Å². The number of hydrogen-bond acceptors (Lipinski definition) is 8. The number of aliphatic hydroxyl groups is 1. The minimum Gasteiger partial charge on any atom is -0.395 e. The van der Waals surface area contributed by atoms with Gasteiger partial charge in [-0.2, -0.15) is 4.98 Å². The molecule has 0 aliphatic heterocycles. The van der Waals surface area contributed by atoms with Crippen molar-refractivity contribution in [2.75, 3.05) is 13.2 Å². The molecule has 170 valence electrons. The molecular formula is C24H20FN7O2. The van der Waals surface area contributed by atoms with Crippen molar-refractivity contribution >= 4 is 0 Å². The summed E-state index contributed by atoms with van der Waals surface area (Å²) in [4.78, 5) is 8.60. The van der Waals surface area contributed by atoms with Crippen LogP contribution in [-0.4, -0.2) is 48.4 Å². The average Bonchev–Trinajstić information content (AvgIpc) is 3.53. The summed E-state index contributed by atoms with van der Waals surface area (Å²) < 4.78 is 21.6. The van der Waals surface area contributed by atoms with Gasteiger partial charge in [0, 0.05) is 36.6 Å². The Morgan fingerprint density at radius 1 is 1.00 bits per heavy atom. The van der Waals surface area contributed by atoms with E-state index in [0.29, 0.717) is 30.3 Å². The minimum absolute atomic E-state index is 0.0707. The fourth-order valence-electron chi connectivity index (χ4n) is 3.56. The molecule has 5 rings (SSSR count). The molecule has 10 heteroatoms. The molecule has 0 spiro atoms. The Morgan fingerprint density at radius 3 is 2.68 bits per heavy atom. The van der Waals surface area contributed by atoms with Gasteiger partial charge in [0.2, 0.25) is 5.82 Å². The predicted octanol–water partition coefficient (Wildman–Crippen LogP) is 3.27. The number of nitrogens with one attached hydrogen (secondary N) is 1. The largest absolute Gasteiger partial charge is 0.395 e. The van der Waals surface area contributed by atoms with Crippen LogP contribution >= 0.6 is 0 Å². The van der Waals surface area contributed by atoms with Gasteiger partial charge in [-0.3, -0.25) is 4.98 Å². The number of halogens is 1. The second-order valence-corrected chi connectivity index (χ2v) is 7.41. The maximum atomic E-state index is 14.6. The lowest BCUT2D eigenvalue weighted by Crippen LogP contribution is -2.17. The SMILES string of the molecule is OCCNCc1cccc(-c2noc(-c3nnn(-c4ccccc4F)c3-c3ccncc3)n2)c1. The Morgan fingerprint density at radius 2 is 1.85 bits per heavy atom. The van der Waals surface area contributed by atoms with Crippen molar-refractivity contribution in [1.82, 2.24) is 35.4 Å². The quantitative estimate of drug-likeness (QED) is 0.341. The van der Waals surface area contributed by atoms with Gasteiger partial charge in [0.1, 0.15) is 17.2 Å². The molecule has 0 bridgehead atoms. The van der Waals surface area contributed by atoms with E-state index >= 15 is 0 Å². The summed E-state index contributed by atoms with van der Waals surface area (Å²) >= 11 is 0. The molecule has 0 atom stereocenters. The molecule has 0 aliphatic rings. The van der Waals surface area contributed by atoms with Crippen LogP contribution in [0.4, 0.5) is 4.39 Å². The van der Waals surface area contributed by atoms with Crippen LogP contribution < -0.4 is 5.32 Å². The minimum atomic E-state index is -0.438. The highest BCUT2D eigenvalue weighted by Crippen LogP contribution is 2.32. The average molecular weight is 457 g/mol. The number of aromatic nitrogens is 6. The molecular weight excluding hydrogens is 437 g/mol. The van der Waals surface area contributed by atoms with Crippen molar-refractivity contribution in [3.8, 4) is 39.9 Å². The molecule has 34 heavy (non-hydrogen) atoms. The van der Waals surface area contributed by atoms with E-state index in [0.717, 1.165) is 16.7 Å². The van der Waals surface area contributed by atoms with Crippen LogP contribution in [-0.2, 0) is 6.54 Å². The van der Waals surface area contributed by atoms with Crippen molar-refractivity contribution < 1.29 is 14.0 Å². The van der Waals surface area contributed by atoms with Gasteiger partial charge in [0.05, 0.1) is 6.61 Å². The van der Waals surface area contributed by atoms with Crippen LogP contribution in [0.3, 0.4) is 0 Å². The third-order valence-electron chi connectivity index (χ3n) is 5.14. The predicted molar refractivity (Wildman–Crippen MR) is 122 cm³/mol. The molecule has 5 aromatic rings. The Kier molecular flexibility index (Phi) is 6.15. The van der Waals surface area contributed by atoms with Crippen molar-refractivity contribution in [3.63, 3.8) is 0 Å². The van der Waals surface area contributed by atoms with Gasteiger partial charge in [0.15, 0.2) is 5.69 Å². The summed E-state index contributed by atoms with van der Waals surface area (Å²) in [6, 6.07) is 17.6. The molecule has 0 radical (unpaired) electrons. The molecule has 0 unspecified atom stereocenters. The second kappa shape index (κ2) is 9.69. The van der Waals surface area contributed by atoms with Crippen molar-refractivity contribution in [2.24, 2.45) is 0 Å². The molecule has 3 aromatic heterocycles. The molecule has 2 N–H and O–H groups in total. The fourth-order valence-corrected chi connectivity index (χ4v) is 3.56. The lowest BCUT2D eigenvalue weighted by atomic mass is 10.1. The fraction of sp³-hybridized carbons (Fsp3) is 0.125.